The highest BCUT2D eigenvalue weighted by Crippen LogP contribution is 2.27. The number of aromatic hydroxyl groups is 1. The first-order chi connectivity index (χ1) is 10.2. The molecule has 0 amide bonds. The normalized spacial score (nSPS) is 9.95. The number of hydrogen-bond acceptors (Lipinski definition) is 4. The van der Waals surface area contributed by atoms with Crippen LogP contribution in [0.5, 0.6) is 11.5 Å². The van der Waals surface area contributed by atoms with Crippen LogP contribution in [0.4, 0.5) is 5.69 Å². The predicted molar refractivity (Wildman–Crippen MR) is 82.5 cm³/mol. The lowest BCUT2D eigenvalue weighted by atomic mass is 10.1. The van der Waals surface area contributed by atoms with E-state index in [4.69, 9.17) is 4.74 Å². The zero-order valence-electron chi connectivity index (χ0n) is 12.2. The molecule has 4 nitrogen and oxygen atoms in total. The third kappa shape index (κ3) is 3.46. The molecule has 0 spiro atoms. The number of nitriles is 1. The third-order valence-electron chi connectivity index (χ3n) is 3.19. The zero-order valence-corrected chi connectivity index (χ0v) is 12.2. The molecule has 0 aliphatic heterocycles. The first-order valence-electron chi connectivity index (χ1n) is 6.84. The fourth-order valence-corrected chi connectivity index (χ4v) is 2.10. The molecule has 0 atom stereocenters. The highest BCUT2D eigenvalue weighted by atomic mass is 16.5. The fourth-order valence-electron chi connectivity index (χ4n) is 2.10. The summed E-state index contributed by atoms with van der Waals surface area (Å²) in [6.45, 7) is 4.84. The van der Waals surface area contributed by atoms with E-state index in [0.29, 0.717) is 24.5 Å². The first-order valence-corrected chi connectivity index (χ1v) is 6.84. The van der Waals surface area contributed by atoms with Crippen LogP contribution in [0.15, 0.2) is 36.4 Å². The molecule has 0 bridgehead atoms. The minimum Gasteiger partial charge on any atom is -0.504 e. The van der Waals surface area contributed by atoms with Gasteiger partial charge in [0.1, 0.15) is 6.07 Å². The third-order valence-corrected chi connectivity index (χ3v) is 3.19. The average Bonchev–Trinajstić information content (AvgIpc) is 2.48. The Morgan fingerprint density at radius 1 is 1.29 bits per heavy atom. The second-order valence-corrected chi connectivity index (χ2v) is 4.70. The molecular weight excluding hydrogens is 264 g/mol. The Bertz CT molecular complexity index is 675. The van der Waals surface area contributed by atoms with E-state index < -0.39 is 0 Å². The molecule has 0 fully saturated rings. The smallest absolute Gasteiger partial charge is 0.161 e. The number of aryl methyl sites for hydroxylation is 1. The maximum absolute atomic E-state index is 9.68. The number of phenolic OH excluding ortho intramolecular Hbond substituents is 1. The summed E-state index contributed by atoms with van der Waals surface area (Å²) in [5, 5.41) is 22.1. The van der Waals surface area contributed by atoms with E-state index in [1.165, 1.54) is 0 Å². The van der Waals surface area contributed by atoms with Crippen molar-refractivity contribution in [3.05, 3.63) is 53.1 Å². The summed E-state index contributed by atoms with van der Waals surface area (Å²) in [7, 11) is 0. The molecule has 4 heteroatoms. The van der Waals surface area contributed by atoms with Crippen LogP contribution < -0.4 is 10.1 Å². The Kier molecular flexibility index (Phi) is 4.68. The summed E-state index contributed by atoms with van der Waals surface area (Å²) in [4.78, 5) is 0. The maximum Gasteiger partial charge on any atom is 0.161 e. The lowest BCUT2D eigenvalue weighted by molar-refractivity contribution is 0.318. The quantitative estimate of drug-likeness (QED) is 0.879. The molecule has 0 aromatic heterocycles. The average molecular weight is 282 g/mol. The molecule has 0 unspecified atom stereocenters. The highest BCUT2D eigenvalue weighted by Gasteiger charge is 2.06. The SMILES string of the molecule is CCOc1cc(CNc2cccc(C)c2C#N)ccc1O. The van der Waals surface area contributed by atoms with Crippen molar-refractivity contribution in [3.63, 3.8) is 0 Å². The summed E-state index contributed by atoms with van der Waals surface area (Å²) in [5.41, 5.74) is 3.38. The summed E-state index contributed by atoms with van der Waals surface area (Å²) in [6, 6.07) is 13.2. The molecule has 0 heterocycles. The van der Waals surface area contributed by atoms with Crippen LogP contribution >= 0.6 is 0 Å². The Hall–Kier alpha value is -2.67. The number of benzene rings is 2. The molecule has 2 N–H and O–H groups in total. The largest absolute Gasteiger partial charge is 0.504 e. The fraction of sp³-hybridized carbons (Fsp3) is 0.235. The van der Waals surface area contributed by atoms with Crippen LogP contribution in [0.2, 0.25) is 0 Å². The van der Waals surface area contributed by atoms with Crippen molar-refractivity contribution in [1.82, 2.24) is 0 Å². The summed E-state index contributed by atoms with van der Waals surface area (Å²) >= 11 is 0. The van der Waals surface area contributed by atoms with Crippen LogP contribution in [0.3, 0.4) is 0 Å². The monoisotopic (exact) mass is 282 g/mol. The number of rotatable bonds is 5. The van der Waals surface area contributed by atoms with Gasteiger partial charge < -0.3 is 15.2 Å². The van der Waals surface area contributed by atoms with Crippen molar-refractivity contribution in [1.29, 1.82) is 5.26 Å². The van der Waals surface area contributed by atoms with Gasteiger partial charge in [0.25, 0.3) is 0 Å². The van der Waals surface area contributed by atoms with E-state index in [1.54, 1.807) is 12.1 Å². The van der Waals surface area contributed by atoms with Gasteiger partial charge >= 0.3 is 0 Å². The maximum atomic E-state index is 9.68. The number of anilines is 1. The number of hydrogen-bond donors (Lipinski definition) is 2. The van der Waals surface area contributed by atoms with Crippen LogP contribution in [0.1, 0.15) is 23.6 Å². The zero-order chi connectivity index (χ0) is 15.2. The summed E-state index contributed by atoms with van der Waals surface area (Å²) in [6.07, 6.45) is 0. The molecule has 21 heavy (non-hydrogen) atoms. The van der Waals surface area contributed by atoms with Crippen molar-refractivity contribution in [2.24, 2.45) is 0 Å². The van der Waals surface area contributed by atoms with Crippen LogP contribution in [-0.2, 0) is 6.54 Å². The Morgan fingerprint density at radius 2 is 2.10 bits per heavy atom. The van der Waals surface area contributed by atoms with Crippen LogP contribution in [-0.4, -0.2) is 11.7 Å². The minimum atomic E-state index is 0.133. The molecule has 108 valence electrons. The molecule has 0 aliphatic rings. The van der Waals surface area contributed by atoms with Gasteiger partial charge in [-0.3, -0.25) is 0 Å². The van der Waals surface area contributed by atoms with Crippen LogP contribution in [0.25, 0.3) is 0 Å². The molecule has 0 saturated heterocycles. The van der Waals surface area contributed by atoms with Gasteiger partial charge in [0.05, 0.1) is 17.9 Å². The van der Waals surface area contributed by atoms with E-state index in [0.717, 1.165) is 16.8 Å². The highest BCUT2D eigenvalue weighted by molar-refractivity contribution is 5.60. The minimum absolute atomic E-state index is 0.133. The Morgan fingerprint density at radius 3 is 2.81 bits per heavy atom. The van der Waals surface area contributed by atoms with E-state index in [-0.39, 0.29) is 5.75 Å². The molecule has 0 aliphatic carbocycles. The molecular formula is C17H18N2O2. The van der Waals surface area contributed by atoms with Gasteiger partial charge in [-0.2, -0.15) is 5.26 Å². The van der Waals surface area contributed by atoms with Crippen molar-refractivity contribution in [2.75, 3.05) is 11.9 Å². The van der Waals surface area contributed by atoms with Crippen molar-refractivity contribution in [2.45, 2.75) is 20.4 Å². The van der Waals surface area contributed by atoms with Gasteiger partial charge in [0.2, 0.25) is 0 Å². The number of nitrogens with one attached hydrogen (secondary N) is 1. The van der Waals surface area contributed by atoms with Gasteiger partial charge in [-0.25, -0.2) is 0 Å². The van der Waals surface area contributed by atoms with Crippen molar-refractivity contribution >= 4 is 5.69 Å². The van der Waals surface area contributed by atoms with E-state index >= 15 is 0 Å². The second kappa shape index (κ2) is 6.67. The van der Waals surface area contributed by atoms with Crippen LogP contribution in [0, 0.1) is 18.3 Å². The topological polar surface area (TPSA) is 65.3 Å². The van der Waals surface area contributed by atoms with Gasteiger partial charge in [-0.1, -0.05) is 18.2 Å². The standard InChI is InChI=1S/C17H18N2O2/c1-3-21-17-9-13(7-8-16(17)20)11-19-15-6-4-5-12(2)14(15)10-18/h4-9,19-20H,3,11H2,1-2H3. The van der Waals surface area contributed by atoms with Gasteiger partial charge in [0, 0.05) is 6.54 Å². The van der Waals surface area contributed by atoms with Crippen molar-refractivity contribution in [3.8, 4) is 17.6 Å². The number of ether oxygens (including phenoxy) is 1. The molecule has 2 rings (SSSR count). The summed E-state index contributed by atoms with van der Waals surface area (Å²) in [5.74, 6) is 0.607. The Labute approximate surface area is 124 Å². The summed E-state index contributed by atoms with van der Waals surface area (Å²) < 4.78 is 5.36. The molecule has 2 aromatic rings. The van der Waals surface area contributed by atoms with E-state index in [9.17, 15) is 10.4 Å². The Balaban J connectivity index is 2.16. The number of nitrogens with zero attached hydrogens (tertiary/aromatic N) is 1. The second-order valence-electron chi connectivity index (χ2n) is 4.70. The lowest BCUT2D eigenvalue weighted by Gasteiger charge is -2.12. The van der Waals surface area contributed by atoms with E-state index in [1.807, 2.05) is 38.1 Å². The molecule has 2 aromatic carbocycles. The predicted octanol–water partition coefficient (Wildman–Crippen LogP) is 3.58. The lowest BCUT2D eigenvalue weighted by Crippen LogP contribution is -2.03. The molecule has 0 radical (unpaired) electrons. The van der Waals surface area contributed by atoms with Crippen molar-refractivity contribution < 1.29 is 9.84 Å². The first kappa shape index (κ1) is 14.7. The van der Waals surface area contributed by atoms with Gasteiger partial charge in [-0.05, 0) is 43.2 Å². The van der Waals surface area contributed by atoms with Gasteiger partial charge in [-0.15, -0.1) is 0 Å². The molecule has 0 saturated carbocycles. The van der Waals surface area contributed by atoms with E-state index in [2.05, 4.69) is 11.4 Å². The van der Waals surface area contributed by atoms with Gasteiger partial charge in [0.15, 0.2) is 11.5 Å². The number of phenols is 1.